The fourth-order valence-corrected chi connectivity index (χ4v) is 4.20. The molecule has 2 heterocycles. The standard InChI is InChI=1S/C14H25N3O2S/c1-12(2)15-9-13-5-4-7-17(10-13)20(18,19)14-6-8-16(3)11-14/h6,8,11-13,15H,4-5,7,9-10H2,1-3H3. The van der Waals surface area contributed by atoms with E-state index in [-0.39, 0.29) is 0 Å². The largest absolute Gasteiger partial charge is 0.356 e. The molecule has 1 aromatic rings. The Hall–Kier alpha value is -0.850. The molecule has 0 aromatic carbocycles. The molecule has 1 aromatic heterocycles. The van der Waals surface area contributed by atoms with E-state index in [1.165, 1.54) is 0 Å². The van der Waals surface area contributed by atoms with E-state index in [9.17, 15) is 8.42 Å². The normalized spacial score (nSPS) is 21.5. The van der Waals surface area contributed by atoms with Gasteiger partial charge in [-0.25, -0.2) is 8.42 Å². The van der Waals surface area contributed by atoms with Crippen molar-refractivity contribution in [3.8, 4) is 0 Å². The molecule has 5 nitrogen and oxygen atoms in total. The highest BCUT2D eigenvalue weighted by Crippen LogP contribution is 2.23. The zero-order valence-electron chi connectivity index (χ0n) is 12.5. The Labute approximate surface area is 122 Å². The third-order valence-electron chi connectivity index (χ3n) is 3.74. The number of sulfonamides is 1. The molecule has 0 amide bonds. The van der Waals surface area contributed by atoms with Crippen LogP contribution in [0.25, 0.3) is 0 Å². The Bertz CT molecular complexity index is 536. The van der Waals surface area contributed by atoms with Gasteiger partial charge >= 0.3 is 0 Å². The molecular formula is C14H25N3O2S. The van der Waals surface area contributed by atoms with Crippen LogP contribution in [0.3, 0.4) is 0 Å². The van der Waals surface area contributed by atoms with Gasteiger partial charge in [-0.3, -0.25) is 0 Å². The Kier molecular flexibility index (Phi) is 4.88. The Morgan fingerprint density at radius 1 is 1.45 bits per heavy atom. The number of nitrogens with one attached hydrogen (secondary N) is 1. The first-order chi connectivity index (χ1) is 9.39. The van der Waals surface area contributed by atoms with E-state index in [1.807, 2.05) is 7.05 Å². The predicted octanol–water partition coefficient (Wildman–Crippen LogP) is 1.42. The van der Waals surface area contributed by atoms with Crippen molar-refractivity contribution in [3.05, 3.63) is 18.5 Å². The van der Waals surface area contributed by atoms with Crippen molar-refractivity contribution < 1.29 is 8.42 Å². The molecule has 1 saturated heterocycles. The van der Waals surface area contributed by atoms with Gasteiger partial charge in [-0.2, -0.15) is 4.31 Å². The number of rotatable bonds is 5. The van der Waals surface area contributed by atoms with Gasteiger partial charge in [-0.1, -0.05) is 13.8 Å². The molecule has 1 unspecified atom stereocenters. The summed E-state index contributed by atoms with van der Waals surface area (Å²) < 4.78 is 28.6. The van der Waals surface area contributed by atoms with Crippen molar-refractivity contribution in [1.82, 2.24) is 14.2 Å². The van der Waals surface area contributed by atoms with Gasteiger partial charge in [-0.05, 0) is 31.4 Å². The van der Waals surface area contributed by atoms with Crippen LogP contribution in [0.15, 0.2) is 23.4 Å². The van der Waals surface area contributed by atoms with Gasteiger partial charge in [0.15, 0.2) is 0 Å². The van der Waals surface area contributed by atoms with Crippen LogP contribution in [-0.4, -0.2) is 43.0 Å². The first kappa shape index (κ1) is 15.5. The number of piperidine rings is 1. The summed E-state index contributed by atoms with van der Waals surface area (Å²) >= 11 is 0. The summed E-state index contributed by atoms with van der Waals surface area (Å²) in [6.45, 7) is 6.37. The number of hydrogen-bond donors (Lipinski definition) is 1. The molecule has 114 valence electrons. The van der Waals surface area contributed by atoms with Gasteiger partial charge in [0.2, 0.25) is 10.0 Å². The quantitative estimate of drug-likeness (QED) is 0.895. The zero-order valence-corrected chi connectivity index (χ0v) is 13.4. The molecule has 2 rings (SSSR count). The van der Waals surface area contributed by atoms with Crippen LogP contribution in [0.2, 0.25) is 0 Å². The Balaban J connectivity index is 2.04. The highest BCUT2D eigenvalue weighted by molar-refractivity contribution is 7.89. The lowest BCUT2D eigenvalue weighted by Crippen LogP contribution is -2.43. The maximum atomic E-state index is 12.6. The molecule has 0 saturated carbocycles. The first-order valence-electron chi connectivity index (χ1n) is 7.25. The highest BCUT2D eigenvalue weighted by atomic mass is 32.2. The topological polar surface area (TPSA) is 54.3 Å². The van der Waals surface area contributed by atoms with Crippen LogP contribution >= 0.6 is 0 Å². The SMILES string of the molecule is CC(C)NCC1CCCN(S(=O)(=O)c2ccn(C)c2)C1. The summed E-state index contributed by atoms with van der Waals surface area (Å²) in [7, 11) is -1.49. The number of aryl methyl sites for hydroxylation is 1. The molecule has 0 aliphatic carbocycles. The van der Waals surface area contributed by atoms with E-state index >= 15 is 0 Å². The number of nitrogens with zero attached hydrogens (tertiary/aromatic N) is 2. The van der Waals surface area contributed by atoms with Crippen molar-refractivity contribution in [2.45, 2.75) is 37.6 Å². The summed E-state index contributed by atoms with van der Waals surface area (Å²) in [6.07, 6.45) is 5.48. The maximum Gasteiger partial charge on any atom is 0.244 e. The number of aromatic nitrogens is 1. The molecule has 0 spiro atoms. The molecule has 1 aliphatic rings. The van der Waals surface area contributed by atoms with Gasteiger partial charge in [0.05, 0.1) is 4.90 Å². The molecular weight excluding hydrogens is 274 g/mol. The van der Waals surface area contributed by atoms with E-state index in [0.29, 0.717) is 29.9 Å². The van der Waals surface area contributed by atoms with E-state index < -0.39 is 10.0 Å². The van der Waals surface area contributed by atoms with E-state index in [0.717, 1.165) is 19.4 Å². The average molecular weight is 299 g/mol. The van der Waals surface area contributed by atoms with Crippen LogP contribution in [-0.2, 0) is 17.1 Å². The van der Waals surface area contributed by atoms with Gasteiger partial charge < -0.3 is 9.88 Å². The van der Waals surface area contributed by atoms with E-state index in [4.69, 9.17) is 0 Å². The third-order valence-corrected chi connectivity index (χ3v) is 5.59. The lowest BCUT2D eigenvalue weighted by molar-refractivity contribution is 0.256. The minimum absolute atomic E-state index is 0.400. The Morgan fingerprint density at radius 2 is 2.20 bits per heavy atom. The smallest absolute Gasteiger partial charge is 0.244 e. The fourth-order valence-electron chi connectivity index (χ4n) is 2.59. The molecule has 1 N–H and O–H groups in total. The second-order valence-corrected chi connectivity index (χ2v) is 7.88. The van der Waals surface area contributed by atoms with Gasteiger partial charge in [0.1, 0.15) is 0 Å². The summed E-state index contributed by atoms with van der Waals surface area (Å²) in [6, 6.07) is 2.11. The van der Waals surface area contributed by atoms with Crippen molar-refractivity contribution in [3.63, 3.8) is 0 Å². The van der Waals surface area contributed by atoms with Crippen molar-refractivity contribution >= 4 is 10.0 Å². The molecule has 0 radical (unpaired) electrons. The van der Waals surface area contributed by atoms with E-state index in [2.05, 4.69) is 19.2 Å². The van der Waals surface area contributed by atoms with Gasteiger partial charge in [0.25, 0.3) is 0 Å². The van der Waals surface area contributed by atoms with Crippen LogP contribution in [0.1, 0.15) is 26.7 Å². The Morgan fingerprint density at radius 3 is 2.80 bits per heavy atom. The third kappa shape index (κ3) is 3.62. The second-order valence-electron chi connectivity index (χ2n) is 5.95. The van der Waals surface area contributed by atoms with Crippen molar-refractivity contribution in [1.29, 1.82) is 0 Å². The van der Waals surface area contributed by atoms with Gasteiger partial charge in [-0.15, -0.1) is 0 Å². The molecule has 1 atom stereocenters. The lowest BCUT2D eigenvalue weighted by atomic mass is 9.99. The highest BCUT2D eigenvalue weighted by Gasteiger charge is 2.30. The first-order valence-corrected chi connectivity index (χ1v) is 8.69. The predicted molar refractivity (Wildman–Crippen MR) is 80.0 cm³/mol. The number of hydrogen-bond acceptors (Lipinski definition) is 3. The minimum Gasteiger partial charge on any atom is -0.356 e. The van der Waals surface area contributed by atoms with Crippen LogP contribution in [0, 0.1) is 5.92 Å². The van der Waals surface area contributed by atoms with Crippen LogP contribution in [0.5, 0.6) is 0 Å². The fraction of sp³-hybridized carbons (Fsp3) is 0.714. The zero-order chi connectivity index (χ0) is 14.8. The summed E-state index contributed by atoms with van der Waals surface area (Å²) in [4.78, 5) is 0.400. The van der Waals surface area contributed by atoms with Crippen molar-refractivity contribution in [2.75, 3.05) is 19.6 Å². The monoisotopic (exact) mass is 299 g/mol. The minimum atomic E-state index is -3.33. The average Bonchev–Trinajstić information content (AvgIpc) is 2.84. The molecule has 20 heavy (non-hydrogen) atoms. The molecule has 1 aliphatic heterocycles. The summed E-state index contributed by atoms with van der Waals surface area (Å²) in [5, 5.41) is 3.41. The molecule has 6 heteroatoms. The van der Waals surface area contributed by atoms with E-state index in [1.54, 1.807) is 27.3 Å². The molecule has 1 fully saturated rings. The summed E-state index contributed by atoms with van der Waals surface area (Å²) in [5.41, 5.74) is 0. The van der Waals surface area contributed by atoms with Gasteiger partial charge in [0, 0.05) is 38.6 Å². The van der Waals surface area contributed by atoms with Crippen LogP contribution < -0.4 is 5.32 Å². The maximum absolute atomic E-state index is 12.6. The lowest BCUT2D eigenvalue weighted by Gasteiger charge is -2.32. The second kappa shape index (κ2) is 6.28. The molecule has 0 bridgehead atoms. The van der Waals surface area contributed by atoms with Crippen LogP contribution in [0.4, 0.5) is 0 Å². The summed E-state index contributed by atoms with van der Waals surface area (Å²) in [5.74, 6) is 0.407. The van der Waals surface area contributed by atoms with Crippen molar-refractivity contribution in [2.24, 2.45) is 13.0 Å².